The van der Waals surface area contributed by atoms with Gasteiger partial charge in [0.15, 0.2) is 11.3 Å². The fourth-order valence-corrected chi connectivity index (χ4v) is 3.93. The molecule has 0 bridgehead atoms. The van der Waals surface area contributed by atoms with Gasteiger partial charge in [0, 0.05) is 33.6 Å². The number of furan rings is 1. The van der Waals surface area contributed by atoms with Crippen LogP contribution in [0.5, 0.6) is 5.75 Å². The minimum Gasteiger partial charge on any atom is -0.492 e. The molecule has 1 aliphatic rings. The molecule has 0 spiro atoms. The molecular weight excluding hydrogens is 408 g/mol. The molecule has 170 valence electrons. The first kappa shape index (κ1) is 23.4. The van der Waals surface area contributed by atoms with Gasteiger partial charge >= 0.3 is 11.9 Å². The second-order valence-corrected chi connectivity index (χ2v) is 8.00. The summed E-state index contributed by atoms with van der Waals surface area (Å²) in [7, 11) is 1.60. The number of carbonyl (C=O) groups excluding carboxylic acids is 2. The second-order valence-electron chi connectivity index (χ2n) is 8.00. The van der Waals surface area contributed by atoms with Gasteiger partial charge < -0.3 is 18.6 Å². The van der Waals surface area contributed by atoms with Crippen LogP contribution >= 0.6 is 0 Å². The molecule has 1 aliphatic carbocycles. The number of ether oxygens (including phenoxy) is 3. The van der Waals surface area contributed by atoms with Crippen molar-refractivity contribution in [2.75, 3.05) is 7.11 Å². The fraction of sp³-hybridized carbons (Fsp3) is 0.385. The van der Waals surface area contributed by atoms with Crippen molar-refractivity contribution in [3.05, 3.63) is 57.9 Å². The van der Waals surface area contributed by atoms with Crippen LogP contribution < -0.4 is 4.74 Å². The number of hydrogen-bond donors (Lipinski definition) is 0. The highest BCUT2D eigenvalue weighted by atomic mass is 16.5. The number of allylic oxidation sites excluding steroid dienone is 2. The Hall–Kier alpha value is -3.28. The standard InChI is InChI=1S/C26H30O6/c1-8-14(3)25(27)31-13-19-21-16(5)12-30-24(21)23(29-7)18-10-11-20(17(6)22(18)19)32-26(28)15(4)9-2/h8-12,17,20H,13H2,1-7H3. The summed E-state index contributed by atoms with van der Waals surface area (Å²) in [6, 6.07) is 0. The highest BCUT2D eigenvalue weighted by Gasteiger charge is 2.33. The predicted octanol–water partition coefficient (Wildman–Crippen LogP) is 5.77. The summed E-state index contributed by atoms with van der Waals surface area (Å²) in [4.78, 5) is 24.8. The zero-order valence-electron chi connectivity index (χ0n) is 19.7. The minimum absolute atomic E-state index is 0.0694. The number of aryl methyl sites for hydroxylation is 1. The van der Waals surface area contributed by atoms with E-state index in [-0.39, 0.29) is 24.5 Å². The van der Waals surface area contributed by atoms with E-state index in [9.17, 15) is 9.59 Å². The van der Waals surface area contributed by atoms with Gasteiger partial charge in [-0.2, -0.15) is 0 Å². The largest absolute Gasteiger partial charge is 0.492 e. The molecular formula is C26H30O6. The van der Waals surface area contributed by atoms with Crippen LogP contribution in [0.4, 0.5) is 0 Å². The Labute approximate surface area is 188 Å². The minimum atomic E-state index is -0.467. The van der Waals surface area contributed by atoms with Gasteiger partial charge in [0.25, 0.3) is 0 Å². The molecule has 3 rings (SSSR count). The zero-order valence-corrected chi connectivity index (χ0v) is 19.7. The van der Waals surface area contributed by atoms with Gasteiger partial charge in [-0.1, -0.05) is 25.2 Å². The maximum Gasteiger partial charge on any atom is 0.333 e. The lowest BCUT2D eigenvalue weighted by atomic mass is 9.81. The van der Waals surface area contributed by atoms with Gasteiger partial charge in [-0.05, 0) is 51.8 Å². The van der Waals surface area contributed by atoms with Crippen molar-refractivity contribution in [1.29, 1.82) is 0 Å². The van der Waals surface area contributed by atoms with Gasteiger partial charge in [-0.15, -0.1) is 0 Å². The summed E-state index contributed by atoms with van der Waals surface area (Å²) < 4.78 is 23.0. The van der Waals surface area contributed by atoms with Crippen molar-refractivity contribution in [3.63, 3.8) is 0 Å². The Morgan fingerprint density at radius 3 is 2.41 bits per heavy atom. The Morgan fingerprint density at radius 2 is 1.78 bits per heavy atom. The van der Waals surface area contributed by atoms with Crippen molar-refractivity contribution in [3.8, 4) is 5.75 Å². The molecule has 32 heavy (non-hydrogen) atoms. The second kappa shape index (κ2) is 9.47. The molecule has 2 unspecified atom stereocenters. The summed E-state index contributed by atoms with van der Waals surface area (Å²) in [5.41, 5.74) is 5.19. The van der Waals surface area contributed by atoms with Gasteiger partial charge in [0.1, 0.15) is 12.7 Å². The van der Waals surface area contributed by atoms with E-state index in [1.165, 1.54) is 0 Å². The van der Waals surface area contributed by atoms with Crippen molar-refractivity contribution < 1.29 is 28.2 Å². The van der Waals surface area contributed by atoms with Gasteiger partial charge in [-0.3, -0.25) is 0 Å². The van der Waals surface area contributed by atoms with Crippen LogP contribution in [0.15, 0.2) is 40.1 Å². The summed E-state index contributed by atoms with van der Waals surface area (Å²) in [6.07, 6.45) is 8.39. The fourth-order valence-electron chi connectivity index (χ4n) is 3.93. The normalized spacial score (nSPS) is 18.5. The SMILES string of the molecule is CC=C(C)C(=O)OCc1c2c(c(OC)c3occ(C)c13)C=CC(OC(=O)C(C)=CC)C2C. The van der Waals surface area contributed by atoms with Gasteiger partial charge in [0.2, 0.25) is 0 Å². The molecule has 0 radical (unpaired) electrons. The lowest BCUT2D eigenvalue weighted by Crippen LogP contribution is -2.26. The van der Waals surface area contributed by atoms with E-state index in [0.717, 1.165) is 27.6 Å². The lowest BCUT2D eigenvalue weighted by molar-refractivity contribution is -0.143. The molecule has 0 fully saturated rings. The van der Waals surface area contributed by atoms with Crippen LogP contribution in [0.2, 0.25) is 0 Å². The number of fused-ring (bicyclic) bond motifs is 2. The van der Waals surface area contributed by atoms with Gasteiger partial charge in [0.05, 0.1) is 13.4 Å². The molecule has 0 saturated carbocycles. The smallest absolute Gasteiger partial charge is 0.333 e. The van der Waals surface area contributed by atoms with Crippen molar-refractivity contribution in [2.45, 2.75) is 60.2 Å². The zero-order chi connectivity index (χ0) is 23.6. The summed E-state index contributed by atoms with van der Waals surface area (Å²) in [5.74, 6) is -0.313. The van der Waals surface area contributed by atoms with E-state index in [4.69, 9.17) is 18.6 Å². The number of esters is 2. The molecule has 0 amide bonds. The third kappa shape index (κ3) is 4.09. The maximum atomic E-state index is 12.4. The highest BCUT2D eigenvalue weighted by Crippen LogP contribution is 2.46. The van der Waals surface area contributed by atoms with Crippen LogP contribution in [0, 0.1) is 6.92 Å². The molecule has 6 heteroatoms. The van der Waals surface area contributed by atoms with Crippen molar-refractivity contribution in [2.24, 2.45) is 0 Å². The van der Waals surface area contributed by atoms with Crippen molar-refractivity contribution in [1.82, 2.24) is 0 Å². The van der Waals surface area contributed by atoms with E-state index in [2.05, 4.69) is 0 Å². The van der Waals surface area contributed by atoms with E-state index in [1.54, 1.807) is 53.2 Å². The molecule has 6 nitrogen and oxygen atoms in total. The van der Waals surface area contributed by atoms with Crippen LogP contribution in [-0.2, 0) is 25.7 Å². The summed E-state index contributed by atoms with van der Waals surface area (Å²) in [5, 5.41) is 0.850. The molecule has 1 heterocycles. The van der Waals surface area contributed by atoms with E-state index in [1.807, 2.05) is 26.0 Å². The van der Waals surface area contributed by atoms with E-state index < -0.39 is 6.10 Å². The topological polar surface area (TPSA) is 75.0 Å². The predicted molar refractivity (Wildman–Crippen MR) is 123 cm³/mol. The van der Waals surface area contributed by atoms with Crippen LogP contribution in [0.25, 0.3) is 17.0 Å². The highest BCUT2D eigenvalue weighted by molar-refractivity contribution is 5.96. The Morgan fingerprint density at radius 1 is 1.12 bits per heavy atom. The third-order valence-corrected chi connectivity index (χ3v) is 6.05. The molecule has 2 atom stereocenters. The molecule has 1 aromatic carbocycles. The molecule has 2 aromatic rings. The lowest BCUT2D eigenvalue weighted by Gasteiger charge is -2.30. The third-order valence-electron chi connectivity index (χ3n) is 6.05. The number of hydrogen-bond acceptors (Lipinski definition) is 6. The van der Waals surface area contributed by atoms with Crippen LogP contribution in [0.1, 0.15) is 62.8 Å². The number of methoxy groups -OCH3 is 1. The molecule has 0 N–H and O–H groups in total. The average Bonchev–Trinajstić information content (AvgIpc) is 3.18. The molecule has 0 aliphatic heterocycles. The van der Waals surface area contributed by atoms with Crippen LogP contribution in [-0.4, -0.2) is 25.2 Å². The Kier molecular flexibility index (Phi) is 6.92. The Bertz CT molecular complexity index is 1150. The quantitative estimate of drug-likeness (QED) is 0.421. The number of rotatable bonds is 6. The summed E-state index contributed by atoms with van der Waals surface area (Å²) in [6.45, 7) is 11.0. The van der Waals surface area contributed by atoms with Crippen LogP contribution in [0.3, 0.4) is 0 Å². The first-order valence-electron chi connectivity index (χ1n) is 10.7. The number of benzene rings is 1. The number of carbonyl (C=O) groups is 2. The monoisotopic (exact) mass is 438 g/mol. The average molecular weight is 439 g/mol. The van der Waals surface area contributed by atoms with Crippen molar-refractivity contribution >= 4 is 29.0 Å². The van der Waals surface area contributed by atoms with E-state index >= 15 is 0 Å². The Balaban J connectivity index is 2.14. The molecule has 1 aromatic heterocycles. The first-order valence-corrected chi connectivity index (χ1v) is 10.7. The maximum absolute atomic E-state index is 12.4. The first-order chi connectivity index (χ1) is 15.2. The van der Waals surface area contributed by atoms with Gasteiger partial charge in [-0.25, -0.2) is 9.59 Å². The summed E-state index contributed by atoms with van der Waals surface area (Å²) >= 11 is 0. The molecule has 0 saturated heterocycles. The van der Waals surface area contributed by atoms with E-state index in [0.29, 0.717) is 22.5 Å².